The maximum absolute atomic E-state index is 12.4. The molecule has 34 heavy (non-hydrogen) atoms. The van der Waals surface area contributed by atoms with Gasteiger partial charge in [0, 0.05) is 65.5 Å². The lowest BCUT2D eigenvalue weighted by molar-refractivity contribution is 0.0240. The molecule has 2 aromatic heterocycles. The van der Waals surface area contributed by atoms with Crippen molar-refractivity contribution in [1.82, 2.24) is 24.8 Å². The number of aromatic nitrogens is 4. The largest absolute Gasteiger partial charge is 0.444 e. The zero-order chi connectivity index (χ0) is 23.9. The molecule has 9 heteroatoms. The number of ether oxygens (including phenoxy) is 1. The average molecular weight is 477 g/mol. The van der Waals surface area contributed by atoms with E-state index in [1.54, 1.807) is 17.3 Å². The average Bonchev–Trinajstić information content (AvgIpc) is 2.82. The number of nitrogens with zero attached hydrogens (tertiary/aromatic N) is 6. The predicted octanol–water partition coefficient (Wildman–Crippen LogP) is 4.95. The lowest BCUT2D eigenvalue weighted by atomic mass is 10.0. The second-order valence-corrected chi connectivity index (χ2v) is 9.69. The minimum absolute atomic E-state index is 0.287. The predicted molar refractivity (Wildman–Crippen MR) is 133 cm³/mol. The van der Waals surface area contributed by atoms with Gasteiger partial charge in [-0.25, -0.2) is 24.7 Å². The molecular formula is C25H25ClN6O2. The van der Waals surface area contributed by atoms with Crippen LogP contribution in [0.2, 0.25) is 5.02 Å². The number of anilines is 1. The molecule has 1 aliphatic rings. The highest BCUT2D eigenvalue weighted by Crippen LogP contribution is 2.35. The Balaban J connectivity index is 1.42. The smallest absolute Gasteiger partial charge is 0.410 e. The number of para-hydroxylation sites is 1. The Morgan fingerprint density at radius 1 is 1.00 bits per heavy atom. The van der Waals surface area contributed by atoms with E-state index >= 15 is 0 Å². The third kappa shape index (κ3) is 4.46. The molecule has 3 heterocycles. The summed E-state index contributed by atoms with van der Waals surface area (Å²) < 4.78 is 5.49. The number of piperazine rings is 1. The first-order valence-electron chi connectivity index (χ1n) is 11.2. The first-order valence-corrected chi connectivity index (χ1v) is 11.5. The van der Waals surface area contributed by atoms with Crippen molar-refractivity contribution in [2.45, 2.75) is 26.4 Å². The van der Waals surface area contributed by atoms with E-state index in [0.29, 0.717) is 37.1 Å². The van der Waals surface area contributed by atoms with E-state index in [2.05, 4.69) is 19.9 Å². The maximum Gasteiger partial charge on any atom is 0.410 e. The summed E-state index contributed by atoms with van der Waals surface area (Å²) in [4.78, 5) is 34.1. The number of benzene rings is 2. The number of halogens is 1. The van der Waals surface area contributed by atoms with E-state index < -0.39 is 5.60 Å². The monoisotopic (exact) mass is 476 g/mol. The van der Waals surface area contributed by atoms with Gasteiger partial charge in [-0.15, -0.1) is 0 Å². The van der Waals surface area contributed by atoms with E-state index in [1.165, 1.54) is 6.33 Å². The van der Waals surface area contributed by atoms with Gasteiger partial charge >= 0.3 is 6.09 Å². The van der Waals surface area contributed by atoms with Crippen molar-refractivity contribution < 1.29 is 9.53 Å². The van der Waals surface area contributed by atoms with Crippen LogP contribution in [0.15, 0.2) is 49.1 Å². The van der Waals surface area contributed by atoms with Crippen LogP contribution in [0.25, 0.3) is 32.9 Å². The standard InChI is InChI=1S/C25H25ClN6O2/c1-25(2,3)34-24(33)32-9-7-31(8-10-32)23-28-14-17-11-20(26)19(12-21(17)30-23)18-6-4-5-16-13-27-15-29-22(16)18/h4-6,11-15H,7-10H2,1-3H3. The summed E-state index contributed by atoms with van der Waals surface area (Å²) >= 11 is 6.66. The first-order chi connectivity index (χ1) is 16.3. The first kappa shape index (κ1) is 22.3. The minimum atomic E-state index is -0.509. The molecule has 4 aromatic rings. The summed E-state index contributed by atoms with van der Waals surface area (Å²) in [6.07, 6.45) is 4.83. The van der Waals surface area contributed by atoms with Crippen LogP contribution < -0.4 is 4.90 Å². The van der Waals surface area contributed by atoms with Crippen molar-refractivity contribution in [3.05, 3.63) is 54.1 Å². The lowest BCUT2D eigenvalue weighted by Crippen LogP contribution is -2.50. The Morgan fingerprint density at radius 3 is 2.56 bits per heavy atom. The number of carbonyl (C=O) groups excluding carboxylic acids is 1. The molecule has 5 rings (SSSR count). The van der Waals surface area contributed by atoms with Crippen molar-refractivity contribution in [3.8, 4) is 11.1 Å². The summed E-state index contributed by atoms with van der Waals surface area (Å²) in [7, 11) is 0. The van der Waals surface area contributed by atoms with Gasteiger partial charge in [-0.3, -0.25) is 0 Å². The molecule has 8 nitrogen and oxygen atoms in total. The van der Waals surface area contributed by atoms with E-state index in [1.807, 2.05) is 51.1 Å². The van der Waals surface area contributed by atoms with E-state index in [-0.39, 0.29) is 6.09 Å². The molecule has 0 saturated carbocycles. The van der Waals surface area contributed by atoms with Crippen LogP contribution in [0.5, 0.6) is 0 Å². The second kappa shape index (κ2) is 8.68. The Hall–Kier alpha value is -3.52. The van der Waals surface area contributed by atoms with Crippen LogP contribution in [-0.2, 0) is 4.74 Å². The molecule has 1 aliphatic heterocycles. The van der Waals surface area contributed by atoms with Crippen molar-refractivity contribution >= 4 is 45.4 Å². The van der Waals surface area contributed by atoms with Gasteiger partial charge in [0.1, 0.15) is 11.9 Å². The zero-order valence-electron chi connectivity index (χ0n) is 19.3. The SMILES string of the molecule is CC(C)(C)OC(=O)N1CCN(c2ncc3cc(Cl)c(-c4cccc5cncnc45)cc3n2)CC1. The molecular weight excluding hydrogens is 452 g/mol. The lowest BCUT2D eigenvalue weighted by Gasteiger charge is -2.35. The summed E-state index contributed by atoms with van der Waals surface area (Å²) in [5, 5.41) is 2.42. The molecule has 0 bridgehead atoms. The van der Waals surface area contributed by atoms with Gasteiger partial charge in [-0.05, 0) is 32.9 Å². The third-order valence-corrected chi connectivity index (χ3v) is 6.01. The summed E-state index contributed by atoms with van der Waals surface area (Å²) in [6.45, 7) is 7.98. The van der Waals surface area contributed by atoms with Gasteiger partial charge in [0.2, 0.25) is 5.95 Å². The molecule has 0 radical (unpaired) electrons. The Bertz CT molecular complexity index is 1370. The van der Waals surface area contributed by atoms with E-state index in [9.17, 15) is 4.79 Å². The van der Waals surface area contributed by atoms with Crippen LogP contribution in [0.1, 0.15) is 20.8 Å². The van der Waals surface area contributed by atoms with Gasteiger partial charge in [0.15, 0.2) is 0 Å². The maximum atomic E-state index is 12.4. The second-order valence-electron chi connectivity index (χ2n) is 9.28. The third-order valence-electron chi connectivity index (χ3n) is 5.69. The molecule has 1 fully saturated rings. The van der Waals surface area contributed by atoms with Crippen molar-refractivity contribution in [2.75, 3.05) is 31.1 Å². The van der Waals surface area contributed by atoms with Crippen LogP contribution >= 0.6 is 11.6 Å². The highest BCUT2D eigenvalue weighted by Gasteiger charge is 2.27. The van der Waals surface area contributed by atoms with Crippen LogP contribution in [0.3, 0.4) is 0 Å². The quantitative estimate of drug-likeness (QED) is 0.404. The Morgan fingerprint density at radius 2 is 1.79 bits per heavy atom. The molecule has 0 atom stereocenters. The molecule has 0 unspecified atom stereocenters. The number of hydrogen-bond donors (Lipinski definition) is 0. The van der Waals surface area contributed by atoms with Crippen LogP contribution in [0.4, 0.5) is 10.7 Å². The molecule has 0 N–H and O–H groups in total. The van der Waals surface area contributed by atoms with Crippen molar-refractivity contribution in [3.63, 3.8) is 0 Å². The highest BCUT2D eigenvalue weighted by molar-refractivity contribution is 6.34. The minimum Gasteiger partial charge on any atom is -0.444 e. The fourth-order valence-electron chi connectivity index (χ4n) is 4.05. The highest BCUT2D eigenvalue weighted by atomic mass is 35.5. The number of hydrogen-bond acceptors (Lipinski definition) is 7. The molecule has 174 valence electrons. The number of rotatable bonds is 2. The van der Waals surface area contributed by atoms with Gasteiger partial charge in [0.25, 0.3) is 0 Å². The number of fused-ring (bicyclic) bond motifs is 2. The zero-order valence-corrected chi connectivity index (χ0v) is 20.1. The number of carbonyl (C=O) groups is 1. The fraction of sp³-hybridized carbons (Fsp3) is 0.320. The number of amides is 1. The van der Waals surface area contributed by atoms with Gasteiger partial charge in [-0.1, -0.05) is 29.8 Å². The molecule has 1 saturated heterocycles. The molecule has 2 aromatic carbocycles. The van der Waals surface area contributed by atoms with E-state index in [0.717, 1.165) is 32.9 Å². The molecule has 0 aliphatic carbocycles. The molecule has 0 spiro atoms. The van der Waals surface area contributed by atoms with Crippen molar-refractivity contribution in [1.29, 1.82) is 0 Å². The Labute approximate surface area is 202 Å². The van der Waals surface area contributed by atoms with Crippen LogP contribution in [-0.4, -0.2) is 62.7 Å². The molecule has 1 amide bonds. The Kier molecular flexibility index (Phi) is 5.69. The summed E-state index contributed by atoms with van der Waals surface area (Å²) in [6, 6.07) is 9.82. The van der Waals surface area contributed by atoms with Gasteiger partial charge < -0.3 is 14.5 Å². The normalized spacial score (nSPS) is 14.6. The summed E-state index contributed by atoms with van der Waals surface area (Å²) in [5.74, 6) is 0.629. The van der Waals surface area contributed by atoms with Crippen LogP contribution in [0, 0.1) is 0 Å². The van der Waals surface area contributed by atoms with E-state index in [4.69, 9.17) is 21.3 Å². The topological polar surface area (TPSA) is 84.3 Å². The van der Waals surface area contributed by atoms with Gasteiger partial charge in [-0.2, -0.15) is 0 Å². The van der Waals surface area contributed by atoms with Crippen molar-refractivity contribution in [2.24, 2.45) is 0 Å². The van der Waals surface area contributed by atoms with Gasteiger partial charge in [0.05, 0.1) is 11.0 Å². The summed E-state index contributed by atoms with van der Waals surface area (Å²) in [5.41, 5.74) is 2.91. The fourth-order valence-corrected chi connectivity index (χ4v) is 4.32.